The minimum Gasteiger partial charge on any atom is -0.481 e. The van der Waals surface area contributed by atoms with E-state index in [0.717, 1.165) is 19.4 Å². The summed E-state index contributed by atoms with van der Waals surface area (Å²) in [6, 6.07) is 8.74. The van der Waals surface area contributed by atoms with E-state index in [1.807, 2.05) is 13.8 Å². The number of nitrogens with one attached hydrogen (secondary N) is 1. The third-order valence-corrected chi connectivity index (χ3v) is 3.60. The first-order chi connectivity index (χ1) is 8.48. The molecular weight excluding hydrogens is 226 g/mol. The van der Waals surface area contributed by atoms with Gasteiger partial charge in [-0.15, -0.1) is 0 Å². The first-order valence-electron chi connectivity index (χ1n) is 6.51. The Bertz CT molecular complexity index is 440. The molecule has 18 heavy (non-hydrogen) atoms. The normalized spacial score (nSPS) is 19.3. The molecule has 0 aliphatic carbocycles. The van der Waals surface area contributed by atoms with E-state index in [1.54, 1.807) is 0 Å². The molecule has 1 heterocycles. The van der Waals surface area contributed by atoms with Crippen LogP contribution >= 0.6 is 0 Å². The number of benzene rings is 1. The number of carboxylic acid groups (broad SMARTS) is 1. The Morgan fingerprint density at radius 3 is 2.89 bits per heavy atom. The molecule has 2 rings (SSSR count). The second kappa shape index (κ2) is 5.11. The number of rotatable bonds is 4. The number of fused-ring (bicyclic) bond motifs is 1. The van der Waals surface area contributed by atoms with Gasteiger partial charge in [-0.1, -0.05) is 38.1 Å². The molecule has 1 aromatic rings. The minimum atomic E-state index is -0.718. The lowest BCUT2D eigenvalue weighted by molar-refractivity contribution is -0.139. The summed E-state index contributed by atoms with van der Waals surface area (Å²) in [4.78, 5) is 10.9. The predicted octanol–water partition coefficient (Wildman–Crippen LogP) is 2.76. The molecule has 1 aromatic carbocycles. The molecule has 2 N–H and O–H groups in total. The molecule has 1 aliphatic rings. The van der Waals surface area contributed by atoms with Crippen LogP contribution in [0, 0.1) is 5.41 Å². The van der Waals surface area contributed by atoms with Crippen LogP contribution in [0.25, 0.3) is 0 Å². The fraction of sp³-hybridized carbons (Fsp3) is 0.533. The number of hydrogen-bond acceptors (Lipinski definition) is 2. The van der Waals surface area contributed by atoms with Crippen LogP contribution in [-0.2, 0) is 11.2 Å². The Balaban J connectivity index is 2.14. The van der Waals surface area contributed by atoms with Gasteiger partial charge in [0.2, 0.25) is 0 Å². The van der Waals surface area contributed by atoms with E-state index in [4.69, 9.17) is 5.11 Å². The Hall–Kier alpha value is -1.35. The minimum absolute atomic E-state index is 0.187. The second-order valence-corrected chi connectivity index (χ2v) is 5.89. The lowest BCUT2D eigenvalue weighted by Gasteiger charge is -2.33. The van der Waals surface area contributed by atoms with Crippen molar-refractivity contribution in [2.75, 3.05) is 6.54 Å². The lowest BCUT2D eigenvalue weighted by atomic mass is 9.79. The molecule has 1 atom stereocenters. The fourth-order valence-electron chi connectivity index (χ4n) is 2.81. The van der Waals surface area contributed by atoms with Crippen LogP contribution in [0.15, 0.2) is 24.3 Å². The van der Waals surface area contributed by atoms with Gasteiger partial charge in [0.15, 0.2) is 0 Å². The van der Waals surface area contributed by atoms with Crippen molar-refractivity contribution in [2.45, 2.75) is 39.2 Å². The maximum atomic E-state index is 10.9. The van der Waals surface area contributed by atoms with Gasteiger partial charge in [0.1, 0.15) is 0 Å². The summed E-state index contributed by atoms with van der Waals surface area (Å²) in [6.07, 6.45) is 2.13. The van der Waals surface area contributed by atoms with Gasteiger partial charge >= 0.3 is 5.97 Å². The molecule has 0 radical (unpaired) electrons. The van der Waals surface area contributed by atoms with Crippen LogP contribution in [0.2, 0.25) is 0 Å². The zero-order valence-corrected chi connectivity index (χ0v) is 11.1. The largest absolute Gasteiger partial charge is 0.481 e. The standard InChI is InChI=1S/C15H21NO2/c1-15(2,10-14(17)18)9-13-12-6-4-3-5-11(12)7-8-16-13/h3-6,13,16H,7-10H2,1-2H3,(H,17,18). The maximum absolute atomic E-state index is 10.9. The Labute approximate surface area is 108 Å². The summed E-state index contributed by atoms with van der Waals surface area (Å²) in [5.41, 5.74) is 2.54. The molecule has 0 saturated heterocycles. The van der Waals surface area contributed by atoms with E-state index < -0.39 is 5.97 Å². The molecule has 3 heteroatoms. The van der Waals surface area contributed by atoms with E-state index >= 15 is 0 Å². The highest BCUT2D eigenvalue weighted by atomic mass is 16.4. The van der Waals surface area contributed by atoms with Gasteiger partial charge in [-0.2, -0.15) is 0 Å². The van der Waals surface area contributed by atoms with Crippen molar-refractivity contribution in [3.8, 4) is 0 Å². The molecule has 1 aliphatic heterocycles. The Morgan fingerprint density at radius 1 is 1.44 bits per heavy atom. The highest BCUT2D eigenvalue weighted by Gasteiger charge is 2.29. The highest BCUT2D eigenvalue weighted by Crippen LogP contribution is 2.35. The topological polar surface area (TPSA) is 49.3 Å². The molecular formula is C15H21NO2. The molecule has 0 bridgehead atoms. The van der Waals surface area contributed by atoms with Crippen LogP contribution in [0.1, 0.15) is 43.9 Å². The number of aliphatic carboxylic acids is 1. The van der Waals surface area contributed by atoms with Crippen LogP contribution < -0.4 is 5.32 Å². The third-order valence-electron chi connectivity index (χ3n) is 3.60. The lowest BCUT2D eigenvalue weighted by Crippen LogP contribution is -2.33. The SMILES string of the molecule is CC(C)(CC(=O)O)CC1NCCc2ccccc21. The number of hydrogen-bond donors (Lipinski definition) is 2. The molecule has 0 saturated carbocycles. The Kier molecular flexibility index (Phi) is 3.71. The monoisotopic (exact) mass is 247 g/mol. The predicted molar refractivity (Wildman–Crippen MR) is 71.5 cm³/mol. The summed E-state index contributed by atoms with van der Waals surface area (Å²) in [5.74, 6) is -0.718. The van der Waals surface area contributed by atoms with Crippen LogP contribution in [0.5, 0.6) is 0 Å². The van der Waals surface area contributed by atoms with Crippen molar-refractivity contribution >= 4 is 5.97 Å². The van der Waals surface area contributed by atoms with Crippen molar-refractivity contribution in [1.29, 1.82) is 0 Å². The van der Waals surface area contributed by atoms with E-state index in [0.29, 0.717) is 0 Å². The fourth-order valence-corrected chi connectivity index (χ4v) is 2.81. The van der Waals surface area contributed by atoms with Gasteiger partial charge in [0, 0.05) is 6.04 Å². The van der Waals surface area contributed by atoms with Crippen molar-refractivity contribution < 1.29 is 9.90 Å². The van der Waals surface area contributed by atoms with Crippen LogP contribution in [0.4, 0.5) is 0 Å². The Morgan fingerprint density at radius 2 is 2.17 bits per heavy atom. The summed E-state index contributed by atoms with van der Waals surface area (Å²) in [5, 5.41) is 12.5. The van der Waals surface area contributed by atoms with Crippen LogP contribution in [-0.4, -0.2) is 17.6 Å². The van der Waals surface area contributed by atoms with Gasteiger partial charge in [-0.25, -0.2) is 0 Å². The molecule has 98 valence electrons. The zero-order chi connectivity index (χ0) is 13.2. The molecule has 3 nitrogen and oxygen atoms in total. The van der Waals surface area contributed by atoms with Gasteiger partial charge in [-0.05, 0) is 35.9 Å². The van der Waals surface area contributed by atoms with E-state index in [1.165, 1.54) is 11.1 Å². The first kappa shape index (κ1) is 13.1. The molecule has 0 amide bonds. The first-order valence-corrected chi connectivity index (χ1v) is 6.51. The van der Waals surface area contributed by atoms with Crippen molar-refractivity contribution in [3.63, 3.8) is 0 Å². The van der Waals surface area contributed by atoms with Gasteiger partial charge in [0.05, 0.1) is 6.42 Å². The summed E-state index contributed by atoms with van der Waals surface area (Å²) < 4.78 is 0. The number of carbonyl (C=O) groups is 1. The van der Waals surface area contributed by atoms with Gasteiger partial charge < -0.3 is 10.4 Å². The second-order valence-electron chi connectivity index (χ2n) is 5.89. The maximum Gasteiger partial charge on any atom is 0.303 e. The summed E-state index contributed by atoms with van der Waals surface area (Å²) in [7, 11) is 0. The van der Waals surface area contributed by atoms with E-state index in [9.17, 15) is 4.79 Å². The van der Waals surface area contributed by atoms with Crippen molar-refractivity contribution in [3.05, 3.63) is 35.4 Å². The van der Waals surface area contributed by atoms with Gasteiger partial charge in [0.25, 0.3) is 0 Å². The number of carboxylic acids is 1. The highest BCUT2D eigenvalue weighted by molar-refractivity contribution is 5.67. The molecule has 0 aromatic heterocycles. The average molecular weight is 247 g/mol. The van der Waals surface area contributed by atoms with Crippen molar-refractivity contribution in [2.24, 2.45) is 5.41 Å². The average Bonchev–Trinajstić information content (AvgIpc) is 2.27. The summed E-state index contributed by atoms with van der Waals surface area (Å²) in [6.45, 7) is 5.03. The van der Waals surface area contributed by atoms with Crippen LogP contribution in [0.3, 0.4) is 0 Å². The van der Waals surface area contributed by atoms with Crippen molar-refractivity contribution in [1.82, 2.24) is 5.32 Å². The zero-order valence-electron chi connectivity index (χ0n) is 11.1. The van der Waals surface area contributed by atoms with E-state index in [-0.39, 0.29) is 17.9 Å². The van der Waals surface area contributed by atoms with E-state index in [2.05, 4.69) is 29.6 Å². The van der Waals surface area contributed by atoms with Gasteiger partial charge in [-0.3, -0.25) is 4.79 Å². The molecule has 0 fully saturated rings. The quantitative estimate of drug-likeness (QED) is 0.860. The third kappa shape index (κ3) is 3.10. The molecule has 1 unspecified atom stereocenters. The summed E-state index contributed by atoms with van der Waals surface area (Å²) >= 11 is 0. The molecule has 0 spiro atoms. The smallest absolute Gasteiger partial charge is 0.303 e.